The summed E-state index contributed by atoms with van der Waals surface area (Å²) in [4.78, 5) is 6.20. The number of aliphatic imine (C=N–C) groups is 1. The van der Waals surface area contributed by atoms with E-state index in [9.17, 15) is 0 Å². The molecular formula is C21H35N3S. The minimum Gasteiger partial charge on any atom is -0.403 e. The Morgan fingerprint density at radius 1 is 1.32 bits per heavy atom. The van der Waals surface area contributed by atoms with Crippen molar-refractivity contribution in [1.29, 1.82) is 0 Å². The third kappa shape index (κ3) is 6.69. The van der Waals surface area contributed by atoms with Gasteiger partial charge in [-0.25, -0.2) is 4.99 Å². The second kappa shape index (κ2) is 10.4. The zero-order valence-electron chi connectivity index (χ0n) is 16.6. The van der Waals surface area contributed by atoms with Gasteiger partial charge in [0.15, 0.2) is 0 Å². The number of nitrogens with zero attached hydrogens (tertiary/aromatic N) is 1. The van der Waals surface area contributed by atoms with E-state index in [1.165, 1.54) is 29.6 Å². The van der Waals surface area contributed by atoms with Gasteiger partial charge in [0.05, 0.1) is 0 Å². The zero-order chi connectivity index (χ0) is 18.9. The first-order chi connectivity index (χ1) is 11.9. The quantitative estimate of drug-likeness (QED) is 0.651. The van der Waals surface area contributed by atoms with E-state index in [-0.39, 0.29) is 0 Å². The largest absolute Gasteiger partial charge is 0.403 e. The molecule has 0 unspecified atom stereocenters. The van der Waals surface area contributed by atoms with Gasteiger partial charge in [-0.3, -0.25) is 0 Å². The van der Waals surface area contributed by atoms with Gasteiger partial charge in [0.1, 0.15) is 5.00 Å². The van der Waals surface area contributed by atoms with Gasteiger partial charge in [0, 0.05) is 35.1 Å². The van der Waals surface area contributed by atoms with Crippen molar-refractivity contribution in [3.63, 3.8) is 0 Å². The summed E-state index contributed by atoms with van der Waals surface area (Å²) in [5.74, 6) is 0.812. The molecule has 0 atom stereocenters. The molecule has 0 aromatic carbocycles. The molecule has 140 valence electrons. The van der Waals surface area contributed by atoms with Crippen molar-refractivity contribution in [2.24, 2.45) is 22.1 Å². The minimum atomic E-state index is 0.413. The van der Waals surface area contributed by atoms with Crippen molar-refractivity contribution < 1.29 is 0 Å². The van der Waals surface area contributed by atoms with Crippen LogP contribution in [-0.2, 0) is 6.54 Å². The van der Waals surface area contributed by atoms with Gasteiger partial charge in [-0.1, -0.05) is 47.3 Å². The molecule has 1 aliphatic rings. The highest BCUT2D eigenvalue weighted by Crippen LogP contribution is 2.38. The van der Waals surface area contributed by atoms with E-state index in [1.54, 1.807) is 17.5 Å². The molecule has 0 spiro atoms. The summed E-state index contributed by atoms with van der Waals surface area (Å²) in [6, 6.07) is 2.16. The minimum absolute atomic E-state index is 0.413. The Morgan fingerprint density at radius 2 is 1.96 bits per heavy atom. The Labute approximate surface area is 158 Å². The van der Waals surface area contributed by atoms with Crippen LogP contribution in [0.15, 0.2) is 30.0 Å². The third-order valence-electron chi connectivity index (χ3n) is 4.55. The van der Waals surface area contributed by atoms with E-state index in [0.717, 1.165) is 35.9 Å². The van der Waals surface area contributed by atoms with Gasteiger partial charge in [-0.2, -0.15) is 0 Å². The number of hydrogen-bond acceptors (Lipinski definition) is 4. The van der Waals surface area contributed by atoms with Crippen molar-refractivity contribution in [1.82, 2.24) is 5.32 Å². The van der Waals surface area contributed by atoms with Gasteiger partial charge in [-0.15, -0.1) is 11.3 Å². The maximum Gasteiger partial charge on any atom is 0.123 e. The molecule has 0 radical (unpaired) electrons. The molecule has 0 aliphatic heterocycles. The van der Waals surface area contributed by atoms with Crippen LogP contribution in [0.25, 0.3) is 6.08 Å². The van der Waals surface area contributed by atoms with Crippen LogP contribution in [-0.4, -0.2) is 5.71 Å². The first-order valence-corrected chi connectivity index (χ1v) is 10.2. The molecule has 1 aromatic heterocycles. The lowest BCUT2D eigenvalue weighted by Gasteiger charge is -2.34. The summed E-state index contributed by atoms with van der Waals surface area (Å²) in [5.41, 5.74) is 8.23. The van der Waals surface area contributed by atoms with Crippen LogP contribution < -0.4 is 11.1 Å². The fraction of sp³-hybridized carbons (Fsp3) is 0.571. The standard InChI is InChI=1S/C19H29N3S.C2H6/c1-5-14-12-17(13-21-11-10-20)23-18(14)22-16-8-6-15(7-9-16)19(2,3)4;1-2/h5,10-12,15,21H,1,6-9,13,20H2,2-4H3;1-2H3/b11-10-,22-16?;. The van der Waals surface area contributed by atoms with E-state index in [0.29, 0.717) is 5.41 Å². The van der Waals surface area contributed by atoms with Crippen molar-refractivity contribution in [3.05, 3.63) is 35.5 Å². The molecule has 3 nitrogen and oxygen atoms in total. The summed E-state index contributed by atoms with van der Waals surface area (Å²) in [6.07, 6.45) is 9.93. The van der Waals surface area contributed by atoms with Crippen molar-refractivity contribution in [2.45, 2.75) is 66.8 Å². The first-order valence-electron chi connectivity index (χ1n) is 9.35. The second-order valence-corrected chi connectivity index (χ2v) is 8.35. The van der Waals surface area contributed by atoms with Crippen LogP contribution in [0, 0.1) is 11.3 Å². The van der Waals surface area contributed by atoms with Crippen molar-refractivity contribution in [2.75, 3.05) is 0 Å². The van der Waals surface area contributed by atoms with Crippen LogP contribution in [0.3, 0.4) is 0 Å². The van der Waals surface area contributed by atoms with Gasteiger partial charge in [0.25, 0.3) is 0 Å². The molecule has 1 aromatic rings. The topological polar surface area (TPSA) is 50.4 Å². The van der Waals surface area contributed by atoms with E-state index < -0.39 is 0 Å². The monoisotopic (exact) mass is 361 g/mol. The predicted octanol–water partition coefficient (Wildman–Crippen LogP) is 6.25. The summed E-state index contributed by atoms with van der Waals surface area (Å²) >= 11 is 1.74. The molecule has 0 amide bonds. The predicted molar refractivity (Wildman–Crippen MR) is 114 cm³/mol. The van der Waals surface area contributed by atoms with Crippen LogP contribution in [0.4, 0.5) is 5.00 Å². The first kappa shape index (κ1) is 21.5. The molecule has 4 heteroatoms. The molecule has 3 N–H and O–H groups in total. The lowest BCUT2D eigenvalue weighted by molar-refractivity contribution is 0.208. The van der Waals surface area contributed by atoms with Gasteiger partial charge in [-0.05, 0) is 43.1 Å². The Hall–Kier alpha value is -1.55. The van der Waals surface area contributed by atoms with Gasteiger partial charge in [0.2, 0.25) is 0 Å². The summed E-state index contributed by atoms with van der Waals surface area (Å²) in [6.45, 7) is 15.7. The fourth-order valence-electron chi connectivity index (χ4n) is 3.07. The molecule has 2 rings (SSSR count). The van der Waals surface area contributed by atoms with Crippen LogP contribution >= 0.6 is 11.3 Å². The van der Waals surface area contributed by atoms with Crippen LogP contribution in [0.1, 0.15) is 70.7 Å². The Kier molecular flexibility index (Phi) is 8.98. The van der Waals surface area contributed by atoms with E-state index >= 15 is 0 Å². The van der Waals surface area contributed by atoms with Gasteiger partial charge < -0.3 is 11.1 Å². The number of rotatable bonds is 5. The van der Waals surface area contributed by atoms with E-state index in [4.69, 9.17) is 10.7 Å². The SMILES string of the molecule is C=Cc1cc(CN/C=C\N)sc1N=C1CCC(C(C)(C)C)CC1.CC. The maximum absolute atomic E-state index is 5.34. The highest BCUT2D eigenvalue weighted by Gasteiger charge is 2.28. The third-order valence-corrected chi connectivity index (χ3v) is 5.59. The maximum atomic E-state index is 5.34. The highest BCUT2D eigenvalue weighted by molar-refractivity contribution is 7.16. The normalized spacial score (nSPS) is 17.8. The smallest absolute Gasteiger partial charge is 0.123 e. The highest BCUT2D eigenvalue weighted by atomic mass is 32.1. The molecule has 1 fully saturated rings. The number of nitrogens with one attached hydrogen (secondary N) is 1. The number of nitrogens with two attached hydrogens (primary N) is 1. The molecular weight excluding hydrogens is 326 g/mol. The average molecular weight is 362 g/mol. The Morgan fingerprint density at radius 3 is 2.48 bits per heavy atom. The molecule has 1 heterocycles. The van der Waals surface area contributed by atoms with Crippen molar-refractivity contribution in [3.8, 4) is 0 Å². The molecule has 25 heavy (non-hydrogen) atoms. The number of hydrogen-bond donors (Lipinski definition) is 2. The van der Waals surface area contributed by atoms with Crippen LogP contribution in [0.5, 0.6) is 0 Å². The summed E-state index contributed by atoms with van der Waals surface area (Å²) in [7, 11) is 0. The molecule has 1 saturated carbocycles. The summed E-state index contributed by atoms with van der Waals surface area (Å²) in [5, 5.41) is 4.26. The lowest BCUT2D eigenvalue weighted by Crippen LogP contribution is -2.25. The van der Waals surface area contributed by atoms with E-state index in [2.05, 4.69) is 38.7 Å². The molecule has 0 saturated heterocycles. The van der Waals surface area contributed by atoms with Crippen LogP contribution in [0.2, 0.25) is 0 Å². The number of thiophene rings is 1. The Balaban J connectivity index is 0.00000151. The average Bonchev–Trinajstić information content (AvgIpc) is 2.98. The lowest BCUT2D eigenvalue weighted by atomic mass is 9.72. The fourth-order valence-corrected chi connectivity index (χ4v) is 4.09. The molecule has 1 aliphatic carbocycles. The van der Waals surface area contributed by atoms with Gasteiger partial charge >= 0.3 is 0 Å². The molecule has 0 bridgehead atoms. The van der Waals surface area contributed by atoms with Crippen molar-refractivity contribution >= 4 is 28.1 Å². The summed E-state index contributed by atoms with van der Waals surface area (Å²) < 4.78 is 0. The second-order valence-electron chi connectivity index (χ2n) is 7.24. The zero-order valence-corrected chi connectivity index (χ0v) is 17.4. The van der Waals surface area contributed by atoms with E-state index in [1.807, 2.05) is 19.9 Å². The Bertz CT molecular complexity index is 581.